The molecule has 1 aliphatic rings. The highest BCUT2D eigenvalue weighted by Crippen LogP contribution is 2.43. The van der Waals surface area contributed by atoms with E-state index in [2.05, 4.69) is 77.9 Å². The van der Waals surface area contributed by atoms with Gasteiger partial charge in [-0.3, -0.25) is 0 Å². The topological polar surface area (TPSA) is 25.3 Å². The molecule has 40 heavy (non-hydrogen) atoms. The van der Waals surface area contributed by atoms with Crippen LogP contribution in [0.5, 0.6) is 0 Å². The molecule has 0 saturated carbocycles. The molecule has 0 atom stereocenters. The fourth-order valence-electron chi connectivity index (χ4n) is 6.11. The Morgan fingerprint density at radius 1 is 0.475 bits per heavy atom. The van der Waals surface area contributed by atoms with Gasteiger partial charge in [0.2, 0.25) is 11.4 Å². The minimum absolute atomic E-state index is 0.992. The highest BCUT2D eigenvalue weighted by molar-refractivity contribution is 5.82. The van der Waals surface area contributed by atoms with Gasteiger partial charge in [-0.05, 0) is 118 Å². The van der Waals surface area contributed by atoms with Gasteiger partial charge in [0.05, 0.1) is 0 Å². The molecule has 0 bridgehead atoms. The molecule has 0 aliphatic carbocycles. The van der Waals surface area contributed by atoms with E-state index in [1.54, 1.807) is 4.70 Å². The van der Waals surface area contributed by atoms with Gasteiger partial charge >= 0.3 is 0 Å². The summed E-state index contributed by atoms with van der Waals surface area (Å²) in [7, 11) is 0. The zero-order valence-electron chi connectivity index (χ0n) is 26.7. The summed E-state index contributed by atoms with van der Waals surface area (Å²) in [5.41, 5.74) is 24.6. The zero-order valence-corrected chi connectivity index (χ0v) is 26.7. The van der Waals surface area contributed by atoms with Crippen molar-refractivity contribution in [3.8, 4) is 0 Å². The van der Waals surface area contributed by atoms with Gasteiger partial charge in [0.25, 0.3) is 0 Å². The normalized spacial score (nSPS) is 13.7. The summed E-state index contributed by atoms with van der Waals surface area (Å²) in [5.74, 6) is 0. The van der Waals surface area contributed by atoms with Crippen molar-refractivity contribution in [1.82, 2.24) is 0 Å². The summed E-state index contributed by atoms with van der Waals surface area (Å²) >= 11 is 0. The summed E-state index contributed by atoms with van der Waals surface area (Å²) in [6.07, 6.45) is 18.6. The second kappa shape index (κ2) is 16.7. The van der Waals surface area contributed by atoms with Crippen LogP contribution in [0.25, 0.3) is 16.9 Å². The van der Waals surface area contributed by atoms with Crippen molar-refractivity contribution in [2.45, 2.75) is 144 Å². The van der Waals surface area contributed by atoms with Crippen LogP contribution in [0.1, 0.15) is 152 Å². The molecule has 2 nitrogen and oxygen atoms in total. The Morgan fingerprint density at radius 2 is 0.850 bits per heavy atom. The molecule has 218 valence electrons. The average molecular weight is 541 g/mol. The zero-order chi connectivity index (χ0) is 28.9. The molecule has 0 fully saturated rings. The van der Waals surface area contributed by atoms with Crippen molar-refractivity contribution in [3.63, 3.8) is 0 Å². The van der Waals surface area contributed by atoms with Gasteiger partial charge in [0, 0.05) is 22.3 Å². The number of benzene rings is 2. The first kappa shape index (κ1) is 32.0. The van der Waals surface area contributed by atoms with Crippen LogP contribution in [-0.4, -0.2) is 4.70 Å². The molecule has 0 N–H and O–H groups in total. The van der Waals surface area contributed by atoms with Crippen molar-refractivity contribution >= 4 is 11.4 Å². The van der Waals surface area contributed by atoms with E-state index in [1.807, 2.05) is 0 Å². The average Bonchev–Trinajstić information content (AvgIpc) is 3.21. The molecule has 0 unspecified atom stereocenters. The quantitative estimate of drug-likeness (QED) is 0.133. The molecular weight excluding hydrogens is 484 g/mol. The largest absolute Gasteiger partial charge is 0.493 e. The van der Waals surface area contributed by atoms with Crippen LogP contribution in [0.4, 0.5) is 0 Å². The van der Waals surface area contributed by atoms with Gasteiger partial charge in [-0.2, -0.15) is 0 Å². The second-order valence-electron chi connectivity index (χ2n) is 12.1. The third-order valence-corrected chi connectivity index (χ3v) is 8.48. The molecular formula is C38H56N2. The Morgan fingerprint density at radius 3 is 1.23 bits per heavy atom. The van der Waals surface area contributed by atoms with Gasteiger partial charge in [0.1, 0.15) is 0 Å². The standard InChI is InChI=1S/C38H56N2/c1-7-12-17-22-36-29(6)37(34-25-30(18-13-8-2)23-31(26-34)19-14-9-3)40(39)38(36)35-27-32(20-15-10-4)24-33(28-35)21-16-11-5/h23-28H,7-22H2,1-6H3. The Labute approximate surface area is 246 Å². The van der Waals surface area contributed by atoms with Gasteiger partial charge in [-0.1, -0.05) is 85.3 Å². The molecule has 2 aromatic rings. The summed E-state index contributed by atoms with van der Waals surface area (Å²) in [5, 5.41) is 0. The van der Waals surface area contributed by atoms with Crippen LogP contribution in [0.2, 0.25) is 0 Å². The van der Waals surface area contributed by atoms with Crippen LogP contribution in [-0.2, 0) is 25.7 Å². The molecule has 1 aliphatic heterocycles. The number of aryl methyl sites for hydroxylation is 4. The minimum Gasteiger partial charge on any atom is -0.493 e. The maximum Gasteiger partial charge on any atom is 0.211 e. The number of nitrogens with zero attached hydrogens (tertiary/aromatic N) is 2. The third kappa shape index (κ3) is 8.51. The van der Waals surface area contributed by atoms with Crippen molar-refractivity contribution in [2.75, 3.05) is 0 Å². The maximum absolute atomic E-state index is 12.0. The number of hydrogen-bond acceptors (Lipinski definition) is 0. The van der Waals surface area contributed by atoms with E-state index < -0.39 is 0 Å². The first-order valence-electron chi connectivity index (χ1n) is 16.7. The van der Waals surface area contributed by atoms with Crippen molar-refractivity contribution < 1.29 is 4.70 Å². The number of allylic oxidation sites excluding steroid dienone is 2. The number of rotatable bonds is 18. The first-order chi connectivity index (χ1) is 19.5. The van der Waals surface area contributed by atoms with Crippen LogP contribution in [0.3, 0.4) is 0 Å². The molecule has 1 heterocycles. The maximum atomic E-state index is 12.0. The van der Waals surface area contributed by atoms with E-state index in [4.69, 9.17) is 0 Å². The van der Waals surface area contributed by atoms with E-state index in [1.165, 1.54) is 109 Å². The highest BCUT2D eigenvalue weighted by Gasteiger charge is 2.34. The molecule has 2 heteroatoms. The summed E-state index contributed by atoms with van der Waals surface area (Å²) in [4.78, 5) is 0. The Hall–Kier alpha value is -2.48. The molecule has 0 aromatic heterocycles. The highest BCUT2D eigenvalue weighted by atomic mass is 15.2. The molecule has 0 radical (unpaired) electrons. The fourth-order valence-corrected chi connectivity index (χ4v) is 6.11. The Bertz CT molecular complexity index is 1130. The van der Waals surface area contributed by atoms with Crippen LogP contribution >= 0.6 is 0 Å². The number of hydrogen-bond donors (Lipinski definition) is 0. The Kier molecular flexibility index (Phi) is 13.4. The van der Waals surface area contributed by atoms with Crippen molar-refractivity contribution in [1.29, 1.82) is 0 Å². The lowest BCUT2D eigenvalue weighted by atomic mass is 9.92. The predicted molar refractivity (Wildman–Crippen MR) is 175 cm³/mol. The molecule has 3 rings (SSSR count). The lowest BCUT2D eigenvalue weighted by Gasteiger charge is -2.14. The minimum atomic E-state index is 0.992. The van der Waals surface area contributed by atoms with Crippen LogP contribution < -0.4 is 0 Å². The van der Waals surface area contributed by atoms with Crippen LogP contribution in [0, 0.1) is 0 Å². The summed E-state index contributed by atoms with van der Waals surface area (Å²) in [6, 6.07) is 14.3. The fraction of sp³-hybridized carbons (Fsp3) is 0.579. The van der Waals surface area contributed by atoms with Gasteiger partial charge in [-0.15, -0.1) is 0 Å². The number of unbranched alkanes of at least 4 members (excludes halogenated alkanes) is 6. The lowest BCUT2D eigenvalue weighted by molar-refractivity contribution is -0.345. The predicted octanol–water partition coefficient (Wildman–Crippen LogP) is 11.8. The van der Waals surface area contributed by atoms with E-state index in [9.17, 15) is 5.53 Å². The SMILES string of the molecule is CCCCCC1=C(c2cc(CCCC)cc(CCCC)c2)[N+](=[N-])C(c2cc(CCCC)cc(CCCC)c2)=C1C. The summed E-state index contributed by atoms with van der Waals surface area (Å²) in [6.45, 7) is 13.6. The molecule has 0 saturated heterocycles. The monoisotopic (exact) mass is 540 g/mol. The molecule has 0 spiro atoms. The second-order valence-corrected chi connectivity index (χ2v) is 12.1. The van der Waals surface area contributed by atoms with Gasteiger partial charge in [0.15, 0.2) is 0 Å². The molecule has 2 aromatic carbocycles. The first-order valence-corrected chi connectivity index (χ1v) is 16.7. The Balaban J connectivity index is 2.12. The van der Waals surface area contributed by atoms with Crippen LogP contribution in [0.15, 0.2) is 47.5 Å². The molecule has 0 amide bonds. The van der Waals surface area contributed by atoms with E-state index in [0.29, 0.717) is 0 Å². The van der Waals surface area contributed by atoms with E-state index in [-0.39, 0.29) is 0 Å². The lowest BCUT2D eigenvalue weighted by Crippen LogP contribution is -2.05. The van der Waals surface area contributed by atoms with Gasteiger partial charge < -0.3 is 5.53 Å². The van der Waals surface area contributed by atoms with Crippen molar-refractivity contribution in [3.05, 3.63) is 86.5 Å². The smallest absolute Gasteiger partial charge is 0.211 e. The summed E-state index contributed by atoms with van der Waals surface area (Å²) < 4.78 is 1.57. The van der Waals surface area contributed by atoms with E-state index >= 15 is 0 Å². The third-order valence-electron chi connectivity index (χ3n) is 8.48. The van der Waals surface area contributed by atoms with E-state index in [0.717, 1.165) is 49.9 Å². The van der Waals surface area contributed by atoms with Gasteiger partial charge in [-0.25, -0.2) is 4.70 Å². The van der Waals surface area contributed by atoms with Crippen molar-refractivity contribution in [2.24, 2.45) is 0 Å².